The van der Waals surface area contributed by atoms with Crippen LogP contribution in [0.1, 0.15) is 327 Å². The molecule has 0 radical (unpaired) electrons. The zero-order valence-electron chi connectivity index (χ0n) is 106. The Hall–Kier alpha value is -11.5. The van der Waals surface area contributed by atoms with Crippen LogP contribution in [0.15, 0.2) is 279 Å². The summed E-state index contributed by atoms with van der Waals surface area (Å²) in [5.74, 6) is 0. The molecule has 0 aliphatic heterocycles. The second kappa shape index (κ2) is 38.5. The van der Waals surface area contributed by atoms with Gasteiger partial charge in [-0.3, -0.25) is 0 Å². The summed E-state index contributed by atoms with van der Waals surface area (Å²) < 4.78 is 171. The Labute approximate surface area is 829 Å². The first kappa shape index (κ1) is 76.8. The Balaban J connectivity index is 0.000000198. The molecule has 0 aliphatic carbocycles. The predicted molar refractivity (Wildman–Crippen MR) is 591 cm³/mol. The van der Waals surface area contributed by atoms with Crippen LogP contribution in [0.4, 0.5) is 0 Å². The molecule has 3 heteroatoms. The Kier molecular flexibility index (Phi) is 22.2. The van der Waals surface area contributed by atoms with Gasteiger partial charge in [-0.05, 0) is 272 Å². The van der Waals surface area contributed by atoms with E-state index in [0.717, 1.165) is 110 Å². The van der Waals surface area contributed by atoms with Gasteiger partial charge in [0.2, 0.25) is 0 Å². The second-order valence-corrected chi connectivity index (χ2v) is 44.4. The predicted octanol–water partition coefficient (Wildman–Crippen LogP) is 38.7. The minimum atomic E-state index is -0.462. The van der Waals surface area contributed by atoms with E-state index in [9.17, 15) is 0 Å². The molecule has 0 N–H and O–H groups in total. The number of aromatic nitrogens is 3. The van der Waals surface area contributed by atoms with Crippen LogP contribution >= 0.6 is 0 Å². The molecule has 0 aliphatic rings. The van der Waals surface area contributed by atoms with Crippen molar-refractivity contribution in [1.82, 2.24) is 13.7 Å². The maximum Gasteiger partial charge on any atom is 0.0632 e. The zero-order valence-corrected chi connectivity index (χ0v) is 86.9. The standard InChI is InChI=1S/C47H55N.C40H41N.C37H43N.3C2H6/c1-30-38(32-24-33(44(2,3)4)26-34(25-32)45(5,6)7)22-23-41-42(30)43-39(31-18-15-14-16-19-31)20-17-21-40(43)48(41)37-28-35(46(8,9)10)27-36(29-37)47(11,12)13;1-26-14-12-17-29(22-26)33-20-21-36-37(27(33)2)38-34(28-15-10-9-11-16-28)18-13-19-35(38)41(36)32-24-30(39(3,4)5)23-31(25-32)40(6,7)8;1-24-30(37(8,9)10)19-20-32-33(24)34-29(25-15-12-11-13-16-25)17-14-18-31(34)38(32)28-22-26(35(2,3)4)21-27(23-28)36(5,6)7;3*1-2/h14-29H,1-13H3;9-25H,1-8H3;11-23H,1-10H3;3*1-2H3/i14D,15D,16D,18D,19D;9D,10D,11D,12D,14D,15D,16D,17D,22D;11D,12D,13D,15D,16D;;;. The van der Waals surface area contributed by atoms with Crippen molar-refractivity contribution in [3.8, 4) is 72.7 Å². The monoisotopic (exact) mass is 1780 g/mol. The quantitative estimate of drug-likeness (QED) is 0.144. The molecule has 0 spiro atoms. The van der Waals surface area contributed by atoms with Crippen molar-refractivity contribution in [2.24, 2.45) is 0 Å². The van der Waals surface area contributed by atoms with Crippen LogP contribution in [0.5, 0.6) is 0 Å². The summed E-state index contributed by atoms with van der Waals surface area (Å²) in [6.07, 6.45) is 0. The largest absolute Gasteiger partial charge is 0.309 e. The van der Waals surface area contributed by atoms with Gasteiger partial charge in [0.15, 0.2) is 0 Å². The topological polar surface area (TPSA) is 14.8 Å². The maximum atomic E-state index is 9.04. The molecule has 0 bridgehead atoms. The summed E-state index contributed by atoms with van der Waals surface area (Å²) in [5.41, 5.74) is 27.3. The number of nitrogens with zero attached hydrogens (tertiary/aromatic N) is 3. The summed E-state index contributed by atoms with van der Waals surface area (Å²) >= 11 is 0. The smallest absolute Gasteiger partial charge is 0.0632 e. The lowest BCUT2D eigenvalue weighted by molar-refractivity contribution is 0.567. The third kappa shape index (κ3) is 20.8. The van der Waals surface area contributed by atoms with Gasteiger partial charge in [-0.15, -0.1) is 0 Å². The van der Waals surface area contributed by atoms with Crippen LogP contribution in [0, 0.1) is 27.7 Å². The Morgan fingerprint density at radius 1 is 0.203 bits per heavy atom. The number of fused-ring (bicyclic) bond motifs is 9. The van der Waals surface area contributed by atoms with E-state index in [-0.39, 0.29) is 168 Å². The van der Waals surface area contributed by atoms with Crippen LogP contribution in [0.3, 0.4) is 0 Å². The Bertz CT molecular complexity index is 8050. The lowest BCUT2D eigenvalue weighted by atomic mass is 9.78. The minimum Gasteiger partial charge on any atom is -0.309 e. The number of benzene rings is 14. The van der Waals surface area contributed by atoms with Crippen molar-refractivity contribution >= 4 is 65.4 Å². The van der Waals surface area contributed by atoms with E-state index in [1.54, 1.807) is 13.0 Å². The number of aryl methyl sites for hydroxylation is 3. The molecule has 0 fully saturated rings. The highest BCUT2D eigenvalue weighted by Gasteiger charge is 2.32. The molecule has 0 unspecified atom stereocenters. The Morgan fingerprint density at radius 2 is 0.444 bits per heavy atom. The first-order valence-corrected chi connectivity index (χ1v) is 47.9. The van der Waals surface area contributed by atoms with Gasteiger partial charge in [-0.1, -0.05) is 440 Å². The molecule has 3 aromatic heterocycles. The van der Waals surface area contributed by atoms with E-state index >= 15 is 0 Å². The van der Waals surface area contributed by atoms with Crippen LogP contribution in [0.25, 0.3) is 138 Å². The molecular formula is C130H157N3. The van der Waals surface area contributed by atoms with Crippen molar-refractivity contribution in [3.63, 3.8) is 0 Å². The summed E-state index contributed by atoms with van der Waals surface area (Å²) in [6.45, 7) is 80.0. The van der Waals surface area contributed by atoms with Gasteiger partial charge in [0, 0.05) is 49.4 Å². The average molecular weight is 1780 g/mol. The third-order valence-electron chi connectivity index (χ3n) is 25.5. The fourth-order valence-corrected chi connectivity index (χ4v) is 18.0. The summed E-state index contributed by atoms with van der Waals surface area (Å²) in [6, 6.07) is 52.2. The molecular weight excluding hydrogens is 1600 g/mol. The minimum absolute atomic E-state index is 0.0146. The zero-order chi connectivity index (χ0) is 114. The molecule has 0 amide bonds. The van der Waals surface area contributed by atoms with Gasteiger partial charge < -0.3 is 13.7 Å². The fraction of sp³-hybridized carbons (Fsp3) is 0.354. The summed E-state index contributed by atoms with van der Waals surface area (Å²) in [5, 5.41) is 5.26. The van der Waals surface area contributed by atoms with Gasteiger partial charge >= 0.3 is 0 Å². The van der Waals surface area contributed by atoms with Crippen molar-refractivity contribution in [2.45, 2.75) is 305 Å². The fourth-order valence-electron chi connectivity index (χ4n) is 18.0. The normalized spacial score (nSPS) is 14.4. The molecule has 0 saturated heterocycles. The van der Waals surface area contributed by atoms with Crippen LogP contribution < -0.4 is 0 Å². The molecule has 17 aromatic rings. The summed E-state index contributed by atoms with van der Waals surface area (Å²) in [7, 11) is 0. The van der Waals surface area contributed by atoms with Crippen molar-refractivity contribution < 1.29 is 26.0 Å². The molecule has 3 heterocycles. The van der Waals surface area contributed by atoms with Crippen LogP contribution in [-0.4, -0.2) is 13.7 Å². The van der Waals surface area contributed by atoms with Gasteiger partial charge in [-0.25, -0.2) is 0 Å². The van der Waals surface area contributed by atoms with Gasteiger partial charge in [0.25, 0.3) is 0 Å². The highest BCUT2D eigenvalue weighted by molar-refractivity contribution is 6.21. The average Bonchev–Trinajstić information content (AvgIpc) is 1.56. The lowest BCUT2D eigenvalue weighted by Crippen LogP contribution is -2.17. The highest BCUT2D eigenvalue weighted by atomic mass is 15.0. The van der Waals surface area contributed by atoms with E-state index in [1.807, 2.05) is 97.0 Å². The van der Waals surface area contributed by atoms with Crippen molar-refractivity contribution in [1.29, 1.82) is 0 Å². The van der Waals surface area contributed by atoms with E-state index < -0.39 is 18.1 Å². The maximum absolute atomic E-state index is 9.04. The van der Waals surface area contributed by atoms with Crippen LogP contribution in [0.2, 0.25) is 0 Å². The first-order chi connectivity index (χ1) is 70.2. The SMILES string of the molecule is CC.CC.CC.[2H]c1c([2H])c([2H])c(-c2cccc3c2c2c(C)c(-c4c([2H])c([2H])c([2H])c(C)c4[2H])ccc2n3-c2cc(C(C)(C)C)cc(C(C)(C)C)c2)c([2H])c1[2H].[2H]c1c([2H])c([2H])c(-c2cccc3c2c2c(C)c(-c4cc(C(C)(C)C)cc(C(C)(C)C)c4)ccc2n3-c2cc(C(C)(C)C)cc(C(C)(C)C)c2)c([2H])c1[2H].[2H]c1c([2H])c([2H])c(-c2cccc3c2c2c(C)c(C(C)(C)C)ccc2n3-c2cc(C(C)(C)C)cc(C(C)(C)C)c2)c([2H])c1[2H]. The molecule has 14 aromatic carbocycles. The van der Waals surface area contributed by atoms with Gasteiger partial charge in [-0.2, -0.15) is 0 Å². The van der Waals surface area contributed by atoms with Crippen LogP contribution in [-0.2, 0) is 48.7 Å². The van der Waals surface area contributed by atoms with Gasteiger partial charge in [0.05, 0.1) is 59.1 Å². The number of rotatable bonds is 8. The molecule has 0 atom stereocenters. The van der Waals surface area contributed by atoms with Gasteiger partial charge in [0.1, 0.15) is 0 Å². The second-order valence-electron chi connectivity index (χ2n) is 44.4. The van der Waals surface area contributed by atoms with Crippen molar-refractivity contribution in [3.05, 3.63) is 351 Å². The number of hydrogen-bond acceptors (Lipinski definition) is 0. The molecule has 0 saturated carbocycles. The van der Waals surface area contributed by atoms with E-state index in [0.29, 0.717) is 38.8 Å². The van der Waals surface area contributed by atoms with Crippen molar-refractivity contribution in [2.75, 3.05) is 0 Å². The Morgan fingerprint density at radius 3 is 0.714 bits per heavy atom. The molecule has 17 rings (SSSR count). The third-order valence-corrected chi connectivity index (χ3v) is 25.5. The van der Waals surface area contributed by atoms with E-state index in [1.165, 1.54) is 38.9 Å². The molecule has 3 nitrogen and oxygen atoms in total. The molecule has 133 heavy (non-hydrogen) atoms. The number of hydrogen-bond donors (Lipinski definition) is 0. The van der Waals surface area contributed by atoms with E-state index in [4.69, 9.17) is 26.0 Å². The van der Waals surface area contributed by atoms with E-state index in [2.05, 4.69) is 324 Å². The molecule has 692 valence electrons. The summed E-state index contributed by atoms with van der Waals surface area (Å²) in [4.78, 5) is 0. The first-order valence-electron chi connectivity index (χ1n) is 57.4. The lowest BCUT2D eigenvalue weighted by Gasteiger charge is -2.27. The highest BCUT2D eigenvalue weighted by Crippen LogP contribution is 2.50.